The second kappa shape index (κ2) is 4.02. The molecule has 1 amide bonds. The summed E-state index contributed by atoms with van der Waals surface area (Å²) < 4.78 is 0. The molecule has 2 fully saturated rings. The van der Waals surface area contributed by atoms with Crippen LogP contribution in [-0.2, 0) is 4.79 Å². The fraction of sp³-hybridized carbons (Fsp3) is 0.923. The van der Waals surface area contributed by atoms with Crippen LogP contribution in [0.25, 0.3) is 0 Å². The Bertz CT molecular complexity index is 276. The largest absolute Gasteiger partial charge is 0.355 e. The molecule has 0 heterocycles. The lowest BCUT2D eigenvalue weighted by atomic mass is 9.86. The van der Waals surface area contributed by atoms with Crippen LogP contribution in [0.1, 0.15) is 46.0 Å². The van der Waals surface area contributed by atoms with Crippen LogP contribution in [0.5, 0.6) is 0 Å². The SMILES string of the molecule is CCC(C)(CN)C(=O)NCC1(C2CC2)CC1. The molecule has 0 saturated heterocycles. The van der Waals surface area contributed by atoms with Crippen molar-refractivity contribution in [3.8, 4) is 0 Å². The zero-order valence-electron chi connectivity index (χ0n) is 10.5. The monoisotopic (exact) mass is 224 g/mol. The maximum absolute atomic E-state index is 12.1. The quantitative estimate of drug-likeness (QED) is 0.721. The third-order valence-electron chi connectivity index (χ3n) is 4.72. The van der Waals surface area contributed by atoms with E-state index in [9.17, 15) is 4.79 Å². The van der Waals surface area contributed by atoms with Gasteiger partial charge in [0.1, 0.15) is 0 Å². The van der Waals surface area contributed by atoms with E-state index in [0.29, 0.717) is 12.0 Å². The molecule has 2 aliphatic rings. The summed E-state index contributed by atoms with van der Waals surface area (Å²) in [5.74, 6) is 1.04. The van der Waals surface area contributed by atoms with E-state index in [4.69, 9.17) is 5.73 Å². The van der Waals surface area contributed by atoms with Crippen LogP contribution in [0.4, 0.5) is 0 Å². The molecule has 0 aliphatic heterocycles. The van der Waals surface area contributed by atoms with Gasteiger partial charge in [-0.15, -0.1) is 0 Å². The van der Waals surface area contributed by atoms with E-state index < -0.39 is 0 Å². The molecule has 0 aromatic carbocycles. The van der Waals surface area contributed by atoms with Gasteiger partial charge in [0, 0.05) is 13.1 Å². The van der Waals surface area contributed by atoms with Gasteiger partial charge in [0.05, 0.1) is 5.41 Å². The highest BCUT2D eigenvalue weighted by Gasteiger charge is 2.53. The van der Waals surface area contributed by atoms with Crippen molar-refractivity contribution in [3.63, 3.8) is 0 Å². The lowest BCUT2D eigenvalue weighted by molar-refractivity contribution is -0.130. The van der Waals surface area contributed by atoms with Crippen molar-refractivity contribution in [1.29, 1.82) is 0 Å². The van der Waals surface area contributed by atoms with E-state index in [-0.39, 0.29) is 11.3 Å². The van der Waals surface area contributed by atoms with E-state index in [2.05, 4.69) is 5.32 Å². The first-order chi connectivity index (χ1) is 7.56. The van der Waals surface area contributed by atoms with Crippen LogP contribution >= 0.6 is 0 Å². The standard InChI is InChI=1S/C13H24N2O/c1-3-12(2,8-14)11(16)15-9-13(6-7-13)10-4-5-10/h10H,3-9,14H2,1-2H3,(H,15,16). The van der Waals surface area contributed by atoms with Gasteiger partial charge >= 0.3 is 0 Å². The number of rotatable bonds is 6. The number of nitrogens with one attached hydrogen (secondary N) is 1. The fourth-order valence-electron chi connectivity index (χ4n) is 2.45. The van der Waals surface area contributed by atoms with Gasteiger partial charge in [-0.05, 0) is 50.4 Å². The normalized spacial score (nSPS) is 25.9. The number of carbonyl (C=O) groups excluding carboxylic acids is 1. The van der Waals surface area contributed by atoms with Gasteiger partial charge in [-0.3, -0.25) is 4.79 Å². The Labute approximate surface area is 98.2 Å². The van der Waals surface area contributed by atoms with Gasteiger partial charge in [-0.25, -0.2) is 0 Å². The van der Waals surface area contributed by atoms with E-state index in [1.165, 1.54) is 25.7 Å². The Balaban J connectivity index is 1.83. The van der Waals surface area contributed by atoms with Crippen LogP contribution in [-0.4, -0.2) is 19.0 Å². The number of nitrogens with two attached hydrogens (primary N) is 1. The third kappa shape index (κ3) is 2.10. The first-order valence-corrected chi connectivity index (χ1v) is 6.55. The highest BCUT2D eigenvalue weighted by Crippen LogP contribution is 2.60. The molecule has 0 aromatic heterocycles. The summed E-state index contributed by atoms with van der Waals surface area (Å²) >= 11 is 0. The van der Waals surface area contributed by atoms with Gasteiger partial charge in [-0.1, -0.05) is 6.92 Å². The van der Waals surface area contributed by atoms with Crippen molar-refractivity contribution >= 4 is 5.91 Å². The van der Waals surface area contributed by atoms with Crippen LogP contribution in [0.3, 0.4) is 0 Å². The average molecular weight is 224 g/mol. The number of amides is 1. The molecule has 92 valence electrons. The molecule has 3 nitrogen and oxygen atoms in total. The number of hydrogen-bond donors (Lipinski definition) is 2. The Morgan fingerprint density at radius 1 is 1.50 bits per heavy atom. The van der Waals surface area contributed by atoms with Crippen LogP contribution in [0.2, 0.25) is 0 Å². The minimum Gasteiger partial charge on any atom is -0.355 e. The van der Waals surface area contributed by atoms with Crippen molar-refractivity contribution in [2.45, 2.75) is 46.0 Å². The Kier molecular flexibility index (Phi) is 2.99. The van der Waals surface area contributed by atoms with Crippen LogP contribution in [0, 0.1) is 16.7 Å². The van der Waals surface area contributed by atoms with Crippen molar-refractivity contribution in [2.75, 3.05) is 13.1 Å². The van der Waals surface area contributed by atoms with Gasteiger partial charge < -0.3 is 11.1 Å². The van der Waals surface area contributed by atoms with Gasteiger partial charge in [0.2, 0.25) is 5.91 Å². The van der Waals surface area contributed by atoms with Crippen molar-refractivity contribution < 1.29 is 4.79 Å². The minimum absolute atomic E-state index is 0.143. The maximum atomic E-state index is 12.1. The third-order valence-corrected chi connectivity index (χ3v) is 4.72. The molecular formula is C13H24N2O. The minimum atomic E-state index is -0.375. The Morgan fingerprint density at radius 2 is 2.12 bits per heavy atom. The fourth-order valence-corrected chi connectivity index (χ4v) is 2.45. The predicted octanol–water partition coefficient (Wildman–Crippen LogP) is 1.67. The first kappa shape index (κ1) is 11.9. The smallest absolute Gasteiger partial charge is 0.227 e. The molecule has 2 aliphatic carbocycles. The Morgan fingerprint density at radius 3 is 2.50 bits per heavy atom. The average Bonchev–Trinajstić information content (AvgIpc) is 3.16. The molecule has 2 saturated carbocycles. The predicted molar refractivity (Wildman–Crippen MR) is 64.9 cm³/mol. The van der Waals surface area contributed by atoms with E-state index >= 15 is 0 Å². The zero-order chi connectivity index (χ0) is 11.8. The molecule has 3 heteroatoms. The zero-order valence-corrected chi connectivity index (χ0v) is 10.5. The van der Waals surface area contributed by atoms with Gasteiger partial charge in [-0.2, -0.15) is 0 Å². The summed E-state index contributed by atoms with van der Waals surface area (Å²) in [5, 5.41) is 3.13. The Hall–Kier alpha value is -0.570. The van der Waals surface area contributed by atoms with Crippen molar-refractivity contribution in [3.05, 3.63) is 0 Å². The molecule has 1 unspecified atom stereocenters. The van der Waals surface area contributed by atoms with Crippen molar-refractivity contribution in [1.82, 2.24) is 5.32 Å². The number of hydrogen-bond acceptors (Lipinski definition) is 2. The molecule has 3 N–H and O–H groups in total. The molecular weight excluding hydrogens is 200 g/mol. The molecule has 1 atom stereocenters. The molecule has 0 aromatic rings. The highest BCUT2D eigenvalue weighted by molar-refractivity contribution is 5.82. The molecule has 0 bridgehead atoms. The summed E-state index contributed by atoms with van der Waals surface area (Å²) in [5.41, 5.74) is 5.79. The summed E-state index contributed by atoms with van der Waals surface area (Å²) in [7, 11) is 0. The maximum Gasteiger partial charge on any atom is 0.227 e. The van der Waals surface area contributed by atoms with Crippen molar-refractivity contribution in [2.24, 2.45) is 22.5 Å². The topological polar surface area (TPSA) is 55.1 Å². The van der Waals surface area contributed by atoms with E-state index in [1.54, 1.807) is 0 Å². The second-order valence-electron chi connectivity index (χ2n) is 5.94. The first-order valence-electron chi connectivity index (χ1n) is 6.55. The molecule has 2 rings (SSSR count). The van der Waals surface area contributed by atoms with E-state index in [1.807, 2.05) is 13.8 Å². The summed E-state index contributed by atoms with van der Waals surface area (Å²) in [4.78, 5) is 12.1. The lowest BCUT2D eigenvalue weighted by Gasteiger charge is -2.26. The summed E-state index contributed by atoms with van der Waals surface area (Å²) in [6.07, 6.45) is 6.17. The van der Waals surface area contributed by atoms with Gasteiger partial charge in [0.25, 0.3) is 0 Å². The highest BCUT2D eigenvalue weighted by atomic mass is 16.2. The van der Waals surface area contributed by atoms with Gasteiger partial charge in [0.15, 0.2) is 0 Å². The van der Waals surface area contributed by atoms with Crippen LogP contribution < -0.4 is 11.1 Å². The second-order valence-corrected chi connectivity index (χ2v) is 5.94. The summed E-state index contributed by atoms with van der Waals surface area (Å²) in [6.45, 7) is 5.30. The molecule has 0 radical (unpaired) electrons. The van der Waals surface area contributed by atoms with E-state index in [0.717, 1.165) is 18.9 Å². The lowest BCUT2D eigenvalue weighted by Crippen LogP contribution is -2.45. The molecule has 0 spiro atoms. The number of carbonyl (C=O) groups is 1. The summed E-state index contributed by atoms with van der Waals surface area (Å²) in [6, 6.07) is 0. The van der Waals surface area contributed by atoms with Crippen LogP contribution in [0.15, 0.2) is 0 Å². The molecule has 16 heavy (non-hydrogen) atoms.